The van der Waals surface area contributed by atoms with Crippen molar-refractivity contribution in [2.75, 3.05) is 7.11 Å². The van der Waals surface area contributed by atoms with E-state index < -0.39 is 4.92 Å². The average molecular weight is 188 g/mol. The third-order valence-corrected chi connectivity index (χ3v) is 1.63. The Labute approximate surface area is 81.5 Å². The van der Waals surface area contributed by atoms with E-state index in [9.17, 15) is 10.1 Å². The second-order valence-electron chi connectivity index (χ2n) is 2.49. The van der Waals surface area contributed by atoms with Gasteiger partial charge < -0.3 is 4.74 Å². The first-order valence-electron chi connectivity index (χ1n) is 3.62. The lowest BCUT2D eigenvalue weighted by molar-refractivity contribution is -0.385. The molecule has 0 aliphatic rings. The fraction of sp³-hybridized carbons (Fsp3) is 0.125. The molecule has 0 saturated heterocycles. The van der Waals surface area contributed by atoms with E-state index in [2.05, 4.69) is 0 Å². The Balaban J connectivity index is 3.45. The molecule has 0 amide bonds. The Morgan fingerprint density at radius 2 is 2.29 bits per heavy atom. The van der Waals surface area contributed by atoms with Gasteiger partial charge in [0.05, 0.1) is 23.7 Å². The van der Waals surface area contributed by atoms with Gasteiger partial charge >= 0.3 is 5.69 Å². The van der Waals surface area contributed by atoms with Crippen LogP contribution in [-0.2, 0) is 0 Å². The Morgan fingerprint density at radius 1 is 1.64 bits per heavy atom. The summed E-state index contributed by atoms with van der Waals surface area (Å²) < 4.78 is 4.76. The van der Waals surface area contributed by atoms with Gasteiger partial charge in [0, 0.05) is 6.07 Å². The van der Waals surface area contributed by atoms with Gasteiger partial charge in [-0.05, 0) is 11.5 Å². The summed E-state index contributed by atoms with van der Waals surface area (Å²) >= 11 is 0. The van der Waals surface area contributed by atoms with Gasteiger partial charge in [-0.1, -0.05) is 0 Å². The fourth-order valence-corrected chi connectivity index (χ4v) is 1.06. The van der Waals surface area contributed by atoms with E-state index in [-0.39, 0.29) is 22.5 Å². The van der Waals surface area contributed by atoms with Crippen molar-refractivity contribution >= 4 is 19.0 Å². The molecule has 6 heteroatoms. The van der Waals surface area contributed by atoms with Gasteiger partial charge in [0.1, 0.15) is 7.85 Å². The van der Waals surface area contributed by atoms with Crippen LogP contribution in [0.4, 0.5) is 5.69 Å². The van der Waals surface area contributed by atoms with E-state index >= 15 is 0 Å². The summed E-state index contributed by atoms with van der Waals surface area (Å²) in [6, 6.07) is 4.22. The van der Waals surface area contributed by atoms with Crippen molar-refractivity contribution in [3.8, 4) is 11.8 Å². The molecule has 5 nitrogen and oxygen atoms in total. The lowest BCUT2D eigenvalue weighted by Gasteiger charge is -2.05. The topological polar surface area (TPSA) is 76.2 Å². The summed E-state index contributed by atoms with van der Waals surface area (Å²) in [5.41, 5.74) is -0.0858. The Hall–Kier alpha value is -2.03. The summed E-state index contributed by atoms with van der Waals surface area (Å²) in [5, 5.41) is 19.1. The first-order chi connectivity index (χ1) is 6.60. The highest BCUT2D eigenvalue weighted by Gasteiger charge is 2.17. The lowest BCUT2D eigenvalue weighted by atomic mass is 9.92. The zero-order valence-corrected chi connectivity index (χ0v) is 7.35. The minimum atomic E-state index is -0.643. The quantitative estimate of drug-likeness (QED) is 0.379. The minimum absolute atomic E-state index is 0.0194. The molecular formula is C8H5BN2O3. The molecule has 0 N–H and O–H groups in total. The molecule has 0 atom stereocenters. The van der Waals surface area contributed by atoms with Gasteiger partial charge in [-0.2, -0.15) is 5.26 Å². The maximum atomic E-state index is 10.6. The number of hydrogen-bond acceptors (Lipinski definition) is 4. The van der Waals surface area contributed by atoms with E-state index in [0.717, 1.165) is 6.07 Å². The zero-order chi connectivity index (χ0) is 10.7. The van der Waals surface area contributed by atoms with Crippen LogP contribution in [0, 0.1) is 21.4 Å². The summed E-state index contributed by atoms with van der Waals surface area (Å²) in [5.74, 6) is -0.0194. The molecule has 1 aromatic rings. The van der Waals surface area contributed by atoms with Crippen LogP contribution in [0.2, 0.25) is 0 Å². The second kappa shape index (κ2) is 3.79. The first kappa shape index (κ1) is 10.1. The van der Waals surface area contributed by atoms with E-state index in [4.69, 9.17) is 17.8 Å². The van der Waals surface area contributed by atoms with Gasteiger partial charge in [0.2, 0.25) is 0 Å². The summed E-state index contributed by atoms with van der Waals surface area (Å²) in [6.45, 7) is 0. The molecule has 0 aliphatic heterocycles. The van der Waals surface area contributed by atoms with Crippen molar-refractivity contribution in [3.63, 3.8) is 0 Å². The molecule has 2 radical (unpaired) electrons. The third kappa shape index (κ3) is 1.66. The Morgan fingerprint density at radius 3 is 2.71 bits per heavy atom. The van der Waals surface area contributed by atoms with Crippen LogP contribution >= 0.6 is 0 Å². The summed E-state index contributed by atoms with van der Waals surface area (Å²) in [7, 11) is 6.75. The number of nitro benzene ring substituents is 1. The molecule has 0 aromatic heterocycles. The van der Waals surface area contributed by atoms with E-state index in [1.54, 1.807) is 6.07 Å². The molecule has 0 saturated carbocycles. The molecular weight excluding hydrogens is 183 g/mol. The monoisotopic (exact) mass is 188 g/mol. The highest BCUT2D eigenvalue weighted by molar-refractivity contribution is 6.34. The van der Waals surface area contributed by atoms with Gasteiger partial charge in [-0.25, -0.2) is 0 Å². The molecule has 1 aromatic carbocycles. The molecule has 68 valence electrons. The number of nitrogens with zero attached hydrogens (tertiary/aromatic N) is 2. The van der Waals surface area contributed by atoms with Gasteiger partial charge in [-0.3, -0.25) is 10.1 Å². The average Bonchev–Trinajstić information content (AvgIpc) is 2.16. The maximum absolute atomic E-state index is 10.6. The third-order valence-electron chi connectivity index (χ3n) is 1.63. The van der Waals surface area contributed by atoms with Crippen molar-refractivity contribution < 1.29 is 9.66 Å². The largest absolute Gasteiger partial charge is 0.491 e. The molecule has 1 rings (SSSR count). The first-order valence-corrected chi connectivity index (χ1v) is 3.62. The lowest BCUT2D eigenvalue weighted by Crippen LogP contribution is -2.10. The van der Waals surface area contributed by atoms with Crippen molar-refractivity contribution in [1.29, 1.82) is 5.26 Å². The molecule has 0 spiro atoms. The summed E-state index contributed by atoms with van der Waals surface area (Å²) in [6.07, 6.45) is 0. The number of hydrogen-bond donors (Lipinski definition) is 0. The Bertz CT molecular complexity index is 425. The van der Waals surface area contributed by atoms with Gasteiger partial charge in [0.25, 0.3) is 0 Å². The zero-order valence-electron chi connectivity index (χ0n) is 7.35. The van der Waals surface area contributed by atoms with Crippen LogP contribution in [0.3, 0.4) is 0 Å². The molecule has 14 heavy (non-hydrogen) atoms. The normalized spacial score (nSPS) is 9.14. The van der Waals surface area contributed by atoms with Gasteiger partial charge in [0.15, 0.2) is 5.75 Å². The van der Waals surface area contributed by atoms with E-state index in [1.165, 1.54) is 13.2 Å². The number of nitriles is 1. The number of methoxy groups -OCH3 is 1. The molecule has 0 heterocycles. The van der Waals surface area contributed by atoms with Crippen LogP contribution in [0.25, 0.3) is 0 Å². The highest BCUT2D eigenvalue weighted by Crippen LogP contribution is 2.24. The smallest absolute Gasteiger partial charge is 0.311 e. The van der Waals surface area contributed by atoms with Crippen LogP contribution in [0.5, 0.6) is 5.75 Å². The number of rotatable bonds is 2. The minimum Gasteiger partial charge on any atom is -0.491 e. The number of nitro groups is 1. The van der Waals surface area contributed by atoms with Crippen LogP contribution in [0.15, 0.2) is 12.1 Å². The van der Waals surface area contributed by atoms with Crippen molar-refractivity contribution in [2.24, 2.45) is 0 Å². The molecule has 0 bridgehead atoms. The number of ether oxygens (including phenoxy) is 1. The second-order valence-corrected chi connectivity index (χ2v) is 2.49. The molecule has 0 aliphatic carbocycles. The van der Waals surface area contributed by atoms with Crippen molar-refractivity contribution in [1.82, 2.24) is 0 Å². The van der Waals surface area contributed by atoms with E-state index in [1.807, 2.05) is 0 Å². The SMILES string of the molecule is [B]c1cc(C#N)cc([N+](=O)[O-])c1OC. The van der Waals surface area contributed by atoms with Gasteiger partial charge in [-0.15, -0.1) is 0 Å². The molecule has 0 fully saturated rings. The maximum Gasteiger partial charge on any atom is 0.311 e. The van der Waals surface area contributed by atoms with E-state index in [0.29, 0.717) is 0 Å². The Kier molecular flexibility index (Phi) is 2.72. The van der Waals surface area contributed by atoms with Crippen molar-refractivity contribution in [3.05, 3.63) is 27.8 Å². The fourth-order valence-electron chi connectivity index (χ4n) is 1.06. The predicted octanol–water partition coefficient (Wildman–Crippen LogP) is 0.269. The highest BCUT2D eigenvalue weighted by atomic mass is 16.6. The van der Waals surface area contributed by atoms with Crippen LogP contribution in [0.1, 0.15) is 5.56 Å². The summed E-state index contributed by atoms with van der Waals surface area (Å²) in [4.78, 5) is 9.92. The molecule has 0 unspecified atom stereocenters. The standard InChI is InChI=1S/C8H5BN2O3/c1-14-8-6(9)2-5(4-10)3-7(8)11(12)13/h2-3H,1H3. The van der Waals surface area contributed by atoms with Crippen LogP contribution in [-0.4, -0.2) is 19.9 Å². The predicted molar refractivity (Wildman–Crippen MR) is 49.8 cm³/mol. The van der Waals surface area contributed by atoms with Crippen LogP contribution < -0.4 is 10.2 Å². The van der Waals surface area contributed by atoms with Crippen molar-refractivity contribution in [2.45, 2.75) is 0 Å². The number of benzene rings is 1.